The number of aliphatic imine (C=N–C) groups is 2. The highest BCUT2D eigenvalue weighted by Crippen LogP contribution is 2.43. The molecule has 2 atom stereocenters. The van der Waals surface area contributed by atoms with Gasteiger partial charge in [-0.05, 0) is 173 Å². The number of amidine groups is 1. The van der Waals surface area contributed by atoms with Crippen LogP contribution in [-0.4, -0.2) is 40.8 Å². The molecule has 2 aliphatic rings. The third-order valence-electron chi connectivity index (χ3n) is 21.5. The molecule has 1 aliphatic heterocycles. The van der Waals surface area contributed by atoms with Crippen LogP contribution in [0.2, 0.25) is 0 Å². The monoisotopic (exact) mass is 1340 g/mol. The second-order valence-electron chi connectivity index (χ2n) is 27.5. The molecule has 1 aliphatic carbocycles. The van der Waals surface area contributed by atoms with E-state index in [2.05, 4.69) is 239 Å². The lowest BCUT2D eigenvalue weighted by Crippen LogP contribution is -2.24. The average Bonchev–Trinajstić information content (AvgIpc) is 1.53. The molecule has 2 N–H and O–H groups in total. The Hall–Kier alpha value is -13.2. The van der Waals surface area contributed by atoms with Crippen LogP contribution in [0.4, 0.5) is 11.4 Å². The highest BCUT2D eigenvalue weighted by Gasteiger charge is 2.34. The summed E-state index contributed by atoms with van der Waals surface area (Å²) in [6.07, 6.45) is 4.98. The van der Waals surface area contributed by atoms with Crippen molar-refractivity contribution in [2.24, 2.45) is 15.7 Å². The van der Waals surface area contributed by atoms with Gasteiger partial charge in [0.2, 0.25) is 5.95 Å². The van der Waals surface area contributed by atoms with Gasteiger partial charge in [-0.15, -0.1) is 0 Å². The second kappa shape index (κ2) is 25.8. The van der Waals surface area contributed by atoms with Gasteiger partial charge in [0.1, 0.15) is 11.5 Å². The van der Waals surface area contributed by atoms with Crippen molar-refractivity contribution in [3.8, 4) is 56.3 Å². The SMILES string of the molecule is N/C(=N\c1cc(-c2ccc(-c3nc(-n4c5ccccc5c5cc(-c6ccc7c(c6)c(=O)n(-c6ccccc6)c6cc8ccccc8n76)ccc54)nc4ccccc34)cc2)ccc1CCc1ccccc1)c1ccc(-c2ccc(C3CCC4=Nc5ccccc5CCC4c4ccccc4C3=O)cc2)cc1. The van der Waals surface area contributed by atoms with Gasteiger partial charge >= 0.3 is 0 Å². The molecule has 10 heteroatoms. The van der Waals surface area contributed by atoms with Gasteiger partial charge in [-0.25, -0.2) is 15.0 Å². The first-order chi connectivity index (χ1) is 51.3. The number of carbonyl (C=O) groups excluding carboxylic acids is 1. The molecule has 0 saturated carbocycles. The Morgan fingerprint density at radius 2 is 1.06 bits per heavy atom. The summed E-state index contributed by atoms with van der Waals surface area (Å²) in [4.78, 5) is 50.8. The number of fused-ring (bicyclic) bond motifs is 13. The maximum atomic E-state index is 14.9. The van der Waals surface area contributed by atoms with Crippen LogP contribution in [0, 0.1) is 0 Å². The minimum atomic E-state index is -0.283. The Morgan fingerprint density at radius 3 is 1.88 bits per heavy atom. The van der Waals surface area contributed by atoms with E-state index < -0.39 is 0 Å². The van der Waals surface area contributed by atoms with Crippen molar-refractivity contribution in [1.82, 2.24) is 23.5 Å². The quantitative estimate of drug-likeness (QED) is 0.0963. The van der Waals surface area contributed by atoms with Crippen molar-refractivity contribution in [2.75, 3.05) is 0 Å². The van der Waals surface area contributed by atoms with E-state index in [0.29, 0.717) is 23.6 Å². The van der Waals surface area contributed by atoms with Crippen LogP contribution in [-0.2, 0) is 19.3 Å². The normalized spacial score (nSPS) is 14.7. The van der Waals surface area contributed by atoms with Crippen LogP contribution in [0.25, 0.3) is 116 Å². The molecule has 10 nitrogen and oxygen atoms in total. The lowest BCUT2D eigenvalue weighted by molar-refractivity contribution is 0.0953. The smallest absolute Gasteiger partial charge is 0.266 e. The Bertz CT molecular complexity index is 6410. The first-order valence-corrected chi connectivity index (χ1v) is 35.8. The number of hydrogen-bond donors (Lipinski definition) is 1. The van der Waals surface area contributed by atoms with Crippen molar-refractivity contribution >= 4 is 88.9 Å². The maximum Gasteiger partial charge on any atom is 0.266 e. The van der Waals surface area contributed by atoms with Crippen molar-refractivity contribution in [3.05, 3.63) is 365 Å². The van der Waals surface area contributed by atoms with Gasteiger partial charge < -0.3 is 5.73 Å². The third-order valence-corrected chi connectivity index (χ3v) is 21.5. The minimum absolute atomic E-state index is 0.0754. The number of carbonyl (C=O) groups is 1. The van der Waals surface area contributed by atoms with Gasteiger partial charge in [-0.2, -0.15) is 0 Å². The molecule has 0 radical (unpaired) electrons. The van der Waals surface area contributed by atoms with Crippen LogP contribution >= 0.6 is 0 Å². The molecule has 17 aromatic rings. The van der Waals surface area contributed by atoms with E-state index in [1.165, 1.54) is 16.8 Å². The van der Waals surface area contributed by atoms with Crippen LogP contribution in [0.15, 0.2) is 330 Å². The predicted molar refractivity (Wildman–Crippen MR) is 425 cm³/mol. The standard InChI is InChI=1S/C94H68N8O2/c95-92(67-44-37-61(38-45-67)60-33-39-63(40-34-60)73-51-52-83-75(74-23-9-10-25-77(74)91(73)103)50-47-64-19-7-13-27-81(64)96-83)97-84-57-70(46-41-65(84)32-31-59-17-3-1-4-18-59)62-35-42-66(43-36-62)90-78-26-11-14-28-82(78)98-94(99-90)102-86-30-16-12-24-76(86)79-55-68(48-53-87(79)102)69-49-54-88-80(56-69)93(104)100(72-21-5-2-6-22-72)89-58-71-20-8-15-29-85(71)101(88)89/h1-30,33-46,48-49,53-58,73,75H,31-32,47,50-52H2,(H2,95,97). The molecular formula is C94H68N8O2. The van der Waals surface area contributed by atoms with Crippen molar-refractivity contribution in [1.29, 1.82) is 0 Å². The second-order valence-corrected chi connectivity index (χ2v) is 27.5. The van der Waals surface area contributed by atoms with Crippen molar-refractivity contribution in [3.63, 3.8) is 0 Å². The first-order valence-electron chi connectivity index (χ1n) is 35.8. The summed E-state index contributed by atoms with van der Waals surface area (Å²) < 4.78 is 6.21. The molecular weight excluding hydrogens is 1270 g/mol. The van der Waals surface area contributed by atoms with E-state index in [-0.39, 0.29) is 23.2 Å². The Kier molecular flexibility index (Phi) is 15.3. The number of rotatable bonds is 12. The fourth-order valence-corrected chi connectivity index (χ4v) is 16.2. The van der Waals surface area contributed by atoms with Gasteiger partial charge in [0, 0.05) is 55.8 Å². The molecule has 496 valence electrons. The largest absolute Gasteiger partial charge is 0.383 e. The van der Waals surface area contributed by atoms with Crippen molar-refractivity contribution in [2.45, 2.75) is 50.4 Å². The van der Waals surface area contributed by atoms with Crippen LogP contribution in [0.5, 0.6) is 0 Å². The molecule has 19 rings (SSSR count). The lowest BCUT2D eigenvalue weighted by Gasteiger charge is -2.27. The summed E-state index contributed by atoms with van der Waals surface area (Å²) in [7, 11) is 0. The average molecular weight is 1340 g/mol. The Morgan fingerprint density at radius 1 is 0.452 bits per heavy atom. The van der Waals surface area contributed by atoms with E-state index in [0.717, 1.165) is 176 Å². The number of Topliss-reactive ketones (excluding diaryl/α,β-unsaturated/α-hetero) is 1. The Balaban J connectivity index is 0.620. The summed E-state index contributed by atoms with van der Waals surface area (Å²) in [5.74, 6) is 1.01. The van der Waals surface area contributed by atoms with E-state index in [1.54, 1.807) is 0 Å². The molecule has 0 spiro atoms. The van der Waals surface area contributed by atoms with Crippen LogP contribution in [0.3, 0.4) is 0 Å². The summed E-state index contributed by atoms with van der Waals surface area (Å²) in [6.45, 7) is 0. The summed E-state index contributed by atoms with van der Waals surface area (Å²) in [6, 6.07) is 109. The zero-order valence-corrected chi connectivity index (χ0v) is 56.9. The number of aromatic nitrogens is 5. The Labute approximate surface area is 600 Å². The fraction of sp³-hybridized carbons (Fsp3) is 0.0851. The first kappa shape index (κ1) is 61.9. The molecule has 0 bridgehead atoms. The van der Waals surface area contributed by atoms with Crippen LogP contribution < -0.4 is 11.3 Å². The molecule has 0 amide bonds. The van der Waals surface area contributed by atoms with Gasteiger partial charge in [0.15, 0.2) is 5.78 Å². The number of nitrogens with zero attached hydrogens (tertiary/aromatic N) is 7. The molecule has 13 aromatic carbocycles. The van der Waals surface area contributed by atoms with E-state index in [9.17, 15) is 9.59 Å². The third kappa shape index (κ3) is 11.0. The number of nitrogens with two attached hydrogens (primary N) is 1. The maximum absolute atomic E-state index is 14.9. The summed E-state index contributed by atoms with van der Waals surface area (Å²) >= 11 is 0. The van der Waals surface area contributed by atoms with Crippen LogP contribution in [0.1, 0.15) is 74.8 Å². The zero-order valence-electron chi connectivity index (χ0n) is 56.9. The summed E-state index contributed by atoms with van der Waals surface area (Å²) in [5, 5.41) is 4.75. The zero-order chi connectivity index (χ0) is 69.4. The highest BCUT2D eigenvalue weighted by molar-refractivity contribution is 6.11. The van der Waals surface area contributed by atoms with Gasteiger partial charge in [-0.1, -0.05) is 243 Å². The van der Waals surface area contributed by atoms with Gasteiger partial charge in [0.25, 0.3) is 5.56 Å². The van der Waals surface area contributed by atoms with Crippen molar-refractivity contribution < 1.29 is 4.79 Å². The molecule has 0 saturated heterocycles. The minimum Gasteiger partial charge on any atom is -0.383 e. The van der Waals surface area contributed by atoms with E-state index in [1.807, 2.05) is 89.5 Å². The van der Waals surface area contributed by atoms with E-state index in [4.69, 9.17) is 25.7 Å². The topological polar surface area (TPSA) is 125 Å². The number of hydrogen-bond acceptors (Lipinski definition) is 6. The molecule has 104 heavy (non-hydrogen) atoms. The number of aryl methyl sites for hydroxylation is 3. The molecule has 0 fully saturated rings. The number of para-hydroxylation sites is 5. The molecule has 4 aromatic heterocycles. The number of ketones is 1. The summed E-state index contributed by atoms with van der Waals surface area (Å²) in [5.41, 5.74) is 31.6. The molecule has 2 unspecified atom stereocenters. The number of benzene rings is 13. The lowest BCUT2D eigenvalue weighted by atomic mass is 9.76. The van der Waals surface area contributed by atoms with Gasteiger partial charge in [0.05, 0.1) is 55.7 Å². The molecule has 5 heterocycles. The van der Waals surface area contributed by atoms with E-state index >= 15 is 0 Å². The predicted octanol–water partition coefficient (Wildman–Crippen LogP) is 21.5. The highest BCUT2D eigenvalue weighted by atomic mass is 16.1. The van der Waals surface area contributed by atoms with Gasteiger partial charge in [-0.3, -0.25) is 28.1 Å². The fourth-order valence-electron chi connectivity index (χ4n) is 16.2.